The summed E-state index contributed by atoms with van der Waals surface area (Å²) in [6, 6.07) is 19.5. The van der Waals surface area contributed by atoms with Crippen LogP contribution in [0.15, 0.2) is 85.7 Å². The molecule has 0 bridgehead atoms. The maximum Gasteiger partial charge on any atom is 0.217 e. The number of rotatable bonds is 17. The number of hydrogen-bond acceptors (Lipinski definition) is 12. The first kappa shape index (κ1) is 44.6. The van der Waals surface area contributed by atoms with E-state index in [1.54, 1.807) is 28.2 Å². The molecule has 330 valence electrons. The Balaban J connectivity index is 0.793. The predicted octanol–water partition coefficient (Wildman–Crippen LogP) is 8.82. The molecule has 2 aliphatic heterocycles. The van der Waals surface area contributed by atoms with Crippen LogP contribution in [0.2, 0.25) is 5.02 Å². The number of nitrogens with zero attached hydrogens (tertiary/aromatic N) is 10. The zero-order chi connectivity index (χ0) is 44.7. The summed E-state index contributed by atoms with van der Waals surface area (Å²) in [5.74, 6) is 3.13. The van der Waals surface area contributed by atoms with Crippen LogP contribution in [-0.4, -0.2) is 88.3 Å². The second-order valence-electron chi connectivity index (χ2n) is 16.3. The molecule has 2 aliphatic rings. The van der Waals surface area contributed by atoms with E-state index in [1.807, 2.05) is 72.6 Å². The van der Waals surface area contributed by atoms with Crippen molar-refractivity contribution in [2.24, 2.45) is 11.8 Å². The minimum absolute atomic E-state index is 0.0112. The van der Waals surface area contributed by atoms with E-state index < -0.39 is 0 Å². The molecule has 64 heavy (non-hydrogen) atoms. The summed E-state index contributed by atoms with van der Waals surface area (Å²) in [6.45, 7) is 3.93. The van der Waals surface area contributed by atoms with Crippen LogP contribution in [-0.2, 0) is 13.1 Å². The summed E-state index contributed by atoms with van der Waals surface area (Å²) in [5, 5.41) is 9.56. The van der Waals surface area contributed by atoms with Gasteiger partial charge in [-0.1, -0.05) is 79.2 Å². The van der Waals surface area contributed by atoms with E-state index in [1.165, 1.54) is 0 Å². The van der Waals surface area contributed by atoms with Crippen LogP contribution in [0, 0.1) is 18.8 Å². The Morgan fingerprint density at radius 1 is 0.703 bits per heavy atom. The molecular weight excluding hydrogens is 868 g/mol. The van der Waals surface area contributed by atoms with Gasteiger partial charge < -0.3 is 19.3 Å². The van der Waals surface area contributed by atoms with E-state index in [0.717, 1.165) is 75.0 Å². The Labute approximate surface area is 388 Å². The lowest BCUT2D eigenvalue weighted by molar-refractivity contribution is 0.0960. The van der Waals surface area contributed by atoms with Gasteiger partial charge in [0.25, 0.3) is 0 Å². The number of aromatic nitrogens is 8. The average molecular weight is 918 g/mol. The van der Waals surface area contributed by atoms with Gasteiger partial charge in [-0.05, 0) is 85.2 Å². The Bertz CT molecular complexity index is 2690. The molecule has 0 amide bonds. The van der Waals surface area contributed by atoms with Gasteiger partial charge in [0.15, 0.2) is 23.1 Å². The summed E-state index contributed by atoms with van der Waals surface area (Å²) in [6.07, 6.45) is 12.1. The maximum absolute atomic E-state index is 13.1. The van der Waals surface area contributed by atoms with E-state index in [-0.39, 0.29) is 35.1 Å². The number of fused-ring (bicyclic) bond motifs is 2. The Morgan fingerprint density at radius 3 is 1.97 bits per heavy atom. The van der Waals surface area contributed by atoms with Crippen LogP contribution in [0.1, 0.15) is 89.3 Å². The van der Waals surface area contributed by atoms with Crippen LogP contribution >= 0.6 is 36.0 Å². The highest BCUT2D eigenvalue weighted by Gasteiger charge is 2.29. The van der Waals surface area contributed by atoms with Gasteiger partial charge in [0.05, 0.1) is 36.3 Å². The van der Waals surface area contributed by atoms with Crippen molar-refractivity contribution in [1.82, 2.24) is 39.5 Å². The fraction of sp³-hybridized carbons (Fsp3) is 0.362. The second kappa shape index (κ2) is 20.2. The van der Waals surface area contributed by atoms with E-state index in [4.69, 9.17) is 50.5 Å². The number of pyridine rings is 2. The van der Waals surface area contributed by atoms with Gasteiger partial charge in [0.2, 0.25) is 23.2 Å². The number of carbonyl (C=O) groups excluding carboxylic acids is 2. The van der Waals surface area contributed by atoms with Gasteiger partial charge in [0, 0.05) is 61.8 Å². The number of anilines is 2. The van der Waals surface area contributed by atoms with Crippen LogP contribution in [0.25, 0.3) is 11.1 Å². The molecule has 0 fully saturated rings. The highest BCUT2D eigenvalue weighted by molar-refractivity contribution is 7.80. The van der Waals surface area contributed by atoms with Crippen molar-refractivity contribution < 1.29 is 19.1 Å². The van der Waals surface area contributed by atoms with Gasteiger partial charge in [-0.25, -0.2) is 29.3 Å². The first-order chi connectivity index (χ1) is 31.0. The van der Waals surface area contributed by atoms with E-state index in [0.29, 0.717) is 68.6 Å². The number of halogens is 1. The smallest absolute Gasteiger partial charge is 0.217 e. The lowest BCUT2D eigenvalue weighted by atomic mass is 10.0. The number of hydrogen-bond donors (Lipinski definition) is 0. The topological polar surface area (TPSA) is 146 Å². The summed E-state index contributed by atoms with van der Waals surface area (Å²) in [7, 11) is 3.85. The summed E-state index contributed by atoms with van der Waals surface area (Å²) in [5.41, 5.74) is 5.03. The third kappa shape index (κ3) is 10.5. The lowest BCUT2D eigenvalue weighted by Crippen LogP contribution is -2.32. The van der Waals surface area contributed by atoms with Gasteiger partial charge in [-0.2, -0.15) is 0 Å². The molecular formula is C47H49ClN10O4S2. The first-order valence-electron chi connectivity index (χ1n) is 21.5. The normalized spacial score (nSPS) is 16.1. The van der Waals surface area contributed by atoms with Gasteiger partial charge in [-0.3, -0.25) is 9.59 Å². The number of benzene rings is 2. The molecule has 0 saturated heterocycles. The highest BCUT2D eigenvalue weighted by atomic mass is 35.5. The monoisotopic (exact) mass is 916 g/mol. The average Bonchev–Trinajstić information content (AvgIpc) is 3.93. The molecule has 0 spiro atoms. The number of ketones is 2. The van der Waals surface area contributed by atoms with Crippen molar-refractivity contribution in [3.63, 3.8) is 0 Å². The third-order valence-electron chi connectivity index (χ3n) is 11.7. The Hall–Kier alpha value is -5.97. The molecule has 6 aromatic rings. The Kier molecular flexibility index (Phi) is 14.1. The molecule has 0 aliphatic carbocycles. The summed E-state index contributed by atoms with van der Waals surface area (Å²) >= 11 is 17.8. The quantitative estimate of drug-likeness (QED) is 0.0488. The Morgan fingerprint density at radius 2 is 1.33 bits per heavy atom. The van der Waals surface area contributed by atoms with E-state index >= 15 is 0 Å². The molecule has 4 aromatic heterocycles. The van der Waals surface area contributed by atoms with Crippen molar-refractivity contribution in [3.05, 3.63) is 119 Å². The summed E-state index contributed by atoms with van der Waals surface area (Å²) in [4.78, 5) is 49.2. The molecule has 14 nitrogen and oxygen atoms in total. The van der Waals surface area contributed by atoms with E-state index in [9.17, 15) is 9.59 Å². The maximum atomic E-state index is 13.1. The predicted molar refractivity (Wildman–Crippen MR) is 254 cm³/mol. The largest absolute Gasteiger partial charge is 0.489 e. The van der Waals surface area contributed by atoms with Crippen LogP contribution in [0.4, 0.5) is 11.6 Å². The molecule has 17 heteroatoms. The van der Waals surface area contributed by atoms with Crippen LogP contribution in [0.3, 0.4) is 0 Å². The zero-order valence-electron chi connectivity index (χ0n) is 36.0. The van der Waals surface area contributed by atoms with E-state index in [2.05, 4.69) is 50.3 Å². The summed E-state index contributed by atoms with van der Waals surface area (Å²) < 4.78 is 15.7. The van der Waals surface area contributed by atoms with Gasteiger partial charge in [0.1, 0.15) is 12.7 Å². The standard InChI is InChI=1S/C47H49ClN10O4S2/c1-30-20-32(17-18-33(30)25-58-29-52-43(54-58)39(60)15-6-4-11-34-26-61-40-16-9-19-49-44(40)55(2)46(34)63)36-22-41-45(50-23-36)56(3)47(64)35(27-62-41)12-5-7-14-38(59)42-51-28-57(53-42)24-31-10-8-13-37(48)21-31/h8-10,13,16-23,28-29,34-35H,4-7,11-12,14-15,24-27H2,1-3H3/t34-,35-/m0/s1. The minimum atomic E-state index is -0.0851. The molecule has 2 atom stereocenters. The number of carbonyl (C=O) groups is 2. The minimum Gasteiger partial charge on any atom is -0.489 e. The molecule has 8 rings (SSSR count). The fourth-order valence-electron chi connectivity index (χ4n) is 8.02. The molecule has 0 unspecified atom stereocenters. The van der Waals surface area contributed by atoms with Crippen LogP contribution in [0.5, 0.6) is 11.5 Å². The number of thiocarbonyl (C=S) groups is 2. The van der Waals surface area contributed by atoms with Crippen molar-refractivity contribution in [2.45, 2.75) is 71.4 Å². The molecule has 0 saturated carbocycles. The number of ether oxygens (including phenoxy) is 2. The van der Waals surface area contributed by atoms with Crippen molar-refractivity contribution in [1.29, 1.82) is 0 Å². The number of unbranched alkanes of at least 4 members (excludes halogenated alkanes) is 2. The first-order valence-corrected chi connectivity index (χ1v) is 22.7. The second-order valence-corrected chi connectivity index (χ2v) is 17.6. The lowest BCUT2D eigenvalue weighted by Gasteiger charge is -2.22. The molecule has 0 N–H and O–H groups in total. The number of Topliss-reactive ketones (excluding diaryl/α,β-unsaturated/α-hetero) is 2. The van der Waals surface area contributed by atoms with Crippen LogP contribution < -0.4 is 19.3 Å². The van der Waals surface area contributed by atoms with Gasteiger partial charge in [-0.15, -0.1) is 10.2 Å². The molecule has 2 aromatic carbocycles. The molecule has 0 radical (unpaired) electrons. The third-order valence-corrected chi connectivity index (χ3v) is 13.1. The highest BCUT2D eigenvalue weighted by Crippen LogP contribution is 2.36. The zero-order valence-corrected chi connectivity index (χ0v) is 38.4. The van der Waals surface area contributed by atoms with Crippen molar-refractivity contribution in [3.8, 4) is 22.6 Å². The number of aryl methyl sites for hydroxylation is 1. The van der Waals surface area contributed by atoms with Gasteiger partial charge >= 0.3 is 0 Å². The fourth-order valence-corrected chi connectivity index (χ4v) is 8.77. The van der Waals surface area contributed by atoms with Crippen molar-refractivity contribution >= 4 is 69.2 Å². The molecule has 6 heterocycles. The SMILES string of the molecule is Cc1cc(-c2cnc3c(c2)OC[C@H](CCCCC(=O)c2ncn(Cc4cccc(Cl)c4)n2)C(=S)N3C)ccc1Cn1cnc(C(=O)CCCC[C@H]2COc3cccnc3N(C)C2=S)n1. The van der Waals surface area contributed by atoms with Crippen molar-refractivity contribution in [2.75, 3.05) is 37.1 Å².